The van der Waals surface area contributed by atoms with Crippen LogP contribution in [-0.4, -0.2) is 24.7 Å². The van der Waals surface area contributed by atoms with Crippen LogP contribution in [0, 0.1) is 20.8 Å². The fourth-order valence-corrected chi connectivity index (χ4v) is 4.83. The Bertz CT molecular complexity index is 682. The molecule has 20 heavy (non-hydrogen) atoms. The number of H-pyrrole nitrogens is 1. The molecular weight excluding hydrogens is 294 g/mol. The maximum atomic E-state index is 12.4. The first-order valence-electron chi connectivity index (χ1n) is 6.39. The molecule has 0 saturated heterocycles. The van der Waals surface area contributed by atoms with Gasteiger partial charge in [0.1, 0.15) is 4.90 Å². The normalized spacial score (nSPS) is 13.6. The molecule has 0 aliphatic carbocycles. The molecular formula is C13H19N3O2S2. The number of rotatable bonds is 5. The number of hydrogen-bond acceptors (Lipinski definition) is 4. The molecule has 0 aromatic carbocycles. The molecule has 2 N–H and O–H groups in total. The Labute approximate surface area is 123 Å². The van der Waals surface area contributed by atoms with Crippen LogP contribution in [0.25, 0.3) is 0 Å². The predicted octanol–water partition coefficient (Wildman–Crippen LogP) is 2.31. The van der Waals surface area contributed by atoms with Crippen molar-refractivity contribution in [3.63, 3.8) is 0 Å². The fraction of sp³-hybridized carbons (Fsp3) is 0.462. The number of aryl methyl sites for hydroxylation is 3. The highest BCUT2D eigenvalue weighted by Gasteiger charge is 2.24. The summed E-state index contributed by atoms with van der Waals surface area (Å²) in [6, 6.07) is 3.93. The van der Waals surface area contributed by atoms with Gasteiger partial charge in [0, 0.05) is 15.8 Å². The van der Waals surface area contributed by atoms with E-state index < -0.39 is 10.0 Å². The number of nitrogens with one attached hydrogen (secondary N) is 2. The highest BCUT2D eigenvalue weighted by Crippen LogP contribution is 2.19. The number of aromatic nitrogens is 2. The molecule has 0 amide bonds. The van der Waals surface area contributed by atoms with Crippen molar-refractivity contribution < 1.29 is 8.42 Å². The van der Waals surface area contributed by atoms with E-state index in [4.69, 9.17) is 0 Å². The molecule has 2 aromatic heterocycles. The van der Waals surface area contributed by atoms with Gasteiger partial charge in [0.25, 0.3) is 0 Å². The van der Waals surface area contributed by atoms with Crippen LogP contribution in [-0.2, 0) is 16.4 Å². The monoisotopic (exact) mass is 313 g/mol. The van der Waals surface area contributed by atoms with Crippen LogP contribution in [0.4, 0.5) is 0 Å². The molecule has 2 aromatic rings. The highest BCUT2D eigenvalue weighted by molar-refractivity contribution is 7.89. The van der Waals surface area contributed by atoms with Crippen LogP contribution < -0.4 is 4.72 Å². The molecule has 0 spiro atoms. The van der Waals surface area contributed by atoms with Crippen LogP contribution in [0.15, 0.2) is 17.0 Å². The Balaban J connectivity index is 2.12. The van der Waals surface area contributed by atoms with Gasteiger partial charge in [-0.1, -0.05) is 0 Å². The van der Waals surface area contributed by atoms with Crippen LogP contribution in [0.1, 0.15) is 28.1 Å². The van der Waals surface area contributed by atoms with E-state index in [-0.39, 0.29) is 10.9 Å². The number of nitrogens with zero attached hydrogens (tertiary/aromatic N) is 1. The topological polar surface area (TPSA) is 74.8 Å². The second kappa shape index (κ2) is 5.67. The molecule has 1 unspecified atom stereocenters. The molecule has 2 rings (SSSR count). The summed E-state index contributed by atoms with van der Waals surface area (Å²) in [5, 5.41) is 6.64. The quantitative estimate of drug-likeness (QED) is 0.889. The van der Waals surface area contributed by atoms with Gasteiger partial charge >= 0.3 is 0 Å². The van der Waals surface area contributed by atoms with Crippen molar-refractivity contribution in [3.8, 4) is 0 Å². The minimum absolute atomic E-state index is 0.160. The third-order valence-corrected chi connectivity index (χ3v) is 5.86. The molecule has 0 saturated carbocycles. The average Bonchev–Trinajstić information content (AvgIpc) is 2.84. The third kappa shape index (κ3) is 3.28. The van der Waals surface area contributed by atoms with Crippen LogP contribution in [0.2, 0.25) is 0 Å². The molecule has 5 nitrogen and oxygen atoms in total. The van der Waals surface area contributed by atoms with Crippen LogP contribution in [0.5, 0.6) is 0 Å². The molecule has 7 heteroatoms. The van der Waals surface area contributed by atoms with Gasteiger partial charge in [-0.3, -0.25) is 5.10 Å². The number of hydrogen-bond donors (Lipinski definition) is 2. The maximum absolute atomic E-state index is 12.4. The summed E-state index contributed by atoms with van der Waals surface area (Å²) in [7, 11) is -3.53. The number of thiophene rings is 1. The Morgan fingerprint density at radius 1 is 1.35 bits per heavy atom. The van der Waals surface area contributed by atoms with Crippen LogP contribution in [0.3, 0.4) is 0 Å². The van der Waals surface area contributed by atoms with Gasteiger partial charge < -0.3 is 0 Å². The SMILES string of the molecule is Cc1ccc(CC(C)NS(=O)(=O)c2c(C)n[nH]c2C)s1. The standard InChI is InChI=1S/C13H19N3O2S2/c1-8(7-12-6-5-9(2)19-12)16-20(17,18)13-10(3)14-15-11(13)4/h5-6,8,16H,7H2,1-4H3,(H,14,15). The van der Waals surface area contributed by atoms with Crippen molar-refractivity contribution >= 4 is 21.4 Å². The summed E-state index contributed by atoms with van der Waals surface area (Å²) in [4.78, 5) is 2.67. The van der Waals surface area contributed by atoms with Gasteiger partial charge in [0.2, 0.25) is 10.0 Å². The summed E-state index contributed by atoms with van der Waals surface area (Å²) < 4.78 is 27.5. The minimum Gasteiger partial charge on any atom is -0.281 e. The van der Waals surface area contributed by atoms with Crippen molar-refractivity contribution in [2.75, 3.05) is 0 Å². The summed E-state index contributed by atoms with van der Waals surface area (Å²) in [6.45, 7) is 7.31. The second-order valence-electron chi connectivity index (χ2n) is 5.00. The van der Waals surface area contributed by atoms with E-state index in [2.05, 4.69) is 14.9 Å². The zero-order chi connectivity index (χ0) is 14.9. The zero-order valence-electron chi connectivity index (χ0n) is 12.0. The summed E-state index contributed by atoms with van der Waals surface area (Å²) >= 11 is 1.69. The molecule has 0 bridgehead atoms. The maximum Gasteiger partial charge on any atom is 0.244 e. The lowest BCUT2D eigenvalue weighted by molar-refractivity contribution is 0.559. The fourth-order valence-electron chi connectivity index (χ4n) is 2.20. The Morgan fingerprint density at radius 2 is 2.05 bits per heavy atom. The average molecular weight is 313 g/mol. The lowest BCUT2D eigenvalue weighted by Gasteiger charge is -2.13. The molecule has 0 aliphatic heterocycles. The lowest BCUT2D eigenvalue weighted by atomic mass is 10.2. The van der Waals surface area contributed by atoms with E-state index in [1.165, 1.54) is 9.75 Å². The van der Waals surface area contributed by atoms with Crippen molar-refractivity contribution in [1.82, 2.24) is 14.9 Å². The molecule has 0 radical (unpaired) electrons. The first kappa shape index (κ1) is 15.2. The summed E-state index contributed by atoms with van der Waals surface area (Å²) in [5.41, 5.74) is 1.06. The van der Waals surface area contributed by atoms with Gasteiger partial charge in [0.05, 0.1) is 11.4 Å². The number of sulfonamides is 1. The largest absolute Gasteiger partial charge is 0.281 e. The number of aromatic amines is 1. The van der Waals surface area contributed by atoms with Crippen molar-refractivity contribution in [2.24, 2.45) is 0 Å². The van der Waals surface area contributed by atoms with E-state index in [1.54, 1.807) is 25.2 Å². The predicted molar refractivity (Wildman–Crippen MR) is 80.6 cm³/mol. The van der Waals surface area contributed by atoms with E-state index in [0.717, 1.165) is 0 Å². The van der Waals surface area contributed by atoms with Crippen molar-refractivity contribution in [2.45, 2.75) is 45.1 Å². The second-order valence-corrected chi connectivity index (χ2v) is 8.03. The Hall–Kier alpha value is -1.18. The molecule has 2 heterocycles. The van der Waals surface area contributed by atoms with E-state index in [0.29, 0.717) is 17.8 Å². The lowest BCUT2D eigenvalue weighted by Crippen LogP contribution is -2.34. The summed E-state index contributed by atoms with van der Waals surface area (Å²) in [6.07, 6.45) is 0.688. The smallest absolute Gasteiger partial charge is 0.244 e. The minimum atomic E-state index is -3.53. The molecule has 110 valence electrons. The summed E-state index contributed by atoms with van der Waals surface area (Å²) in [5.74, 6) is 0. The van der Waals surface area contributed by atoms with Gasteiger partial charge in [-0.15, -0.1) is 11.3 Å². The van der Waals surface area contributed by atoms with Gasteiger partial charge in [-0.05, 0) is 46.2 Å². The van der Waals surface area contributed by atoms with Gasteiger partial charge in [-0.25, -0.2) is 13.1 Å². The molecule has 0 fully saturated rings. The van der Waals surface area contributed by atoms with Gasteiger partial charge in [-0.2, -0.15) is 5.10 Å². The van der Waals surface area contributed by atoms with Gasteiger partial charge in [0.15, 0.2) is 0 Å². The van der Waals surface area contributed by atoms with Crippen molar-refractivity contribution in [1.29, 1.82) is 0 Å². The first-order valence-corrected chi connectivity index (χ1v) is 8.69. The van der Waals surface area contributed by atoms with Crippen LogP contribution >= 0.6 is 11.3 Å². The van der Waals surface area contributed by atoms with Crippen molar-refractivity contribution in [3.05, 3.63) is 33.3 Å². The van der Waals surface area contributed by atoms with E-state index >= 15 is 0 Å². The Kier molecular flexibility index (Phi) is 4.31. The zero-order valence-corrected chi connectivity index (χ0v) is 13.7. The Morgan fingerprint density at radius 3 is 2.55 bits per heavy atom. The first-order chi connectivity index (χ1) is 9.29. The molecule has 1 atom stereocenters. The van der Waals surface area contributed by atoms with E-state index in [9.17, 15) is 8.42 Å². The highest BCUT2D eigenvalue weighted by atomic mass is 32.2. The van der Waals surface area contributed by atoms with E-state index in [1.807, 2.05) is 26.0 Å². The third-order valence-electron chi connectivity index (χ3n) is 2.99. The molecule has 0 aliphatic rings.